The molecule has 1 heterocycles. The van der Waals surface area contributed by atoms with Crippen molar-refractivity contribution in [3.05, 3.63) is 12.2 Å². The number of carbonyl (C=O) groups is 1. The second kappa shape index (κ2) is 38.3. The molecule has 1 saturated heterocycles. The summed E-state index contributed by atoms with van der Waals surface area (Å²) >= 11 is 0. The Balaban J connectivity index is 2.40. The normalized spacial score (nSPS) is 21.8. The van der Waals surface area contributed by atoms with Crippen LogP contribution in [-0.4, -0.2) is 110 Å². The Morgan fingerprint density at radius 1 is 0.617 bits per heavy atom. The second-order valence-corrected chi connectivity index (χ2v) is 18.4. The highest BCUT2D eigenvalue weighted by atomic mass is 16.7. The number of carbonyl (C=O) groups excluding carboxylic acids is 1. The summed E-state index contributed by atoms with van der Waals surface area (Å²) < 4.78 is 11.1. The van der Waals surface area contributed by atoms with Gasteiger partial charge in [0.05, 0.1) is 25.4 Å². The van der Waals surface area contributed by atoms with Crippen molar-refractivity contribution < 1.29 is 50.0 Å². The average molecular weight is 858 g/mol. The number of nitrogens with one attached hydrogen (secondary N) is 1. The molecular weight excluding hydrogens is 763 g/mol. The van der Waals surface area contributed by atoms with Gasteiger partial charge in [0.25, 0.3) is 0 Å². The van der Waals surface area contributed by atoms with Crippen LogP contribution in [0.2, 0.25) is 0 Å². The molecule has 0 bridgehead atoms. The first-order valence-electron chi connectivity index (χ1n) is 24.9. The van der Waals surface area contributed by atoms with Crippen LogP contribution in [0, 0.1) is 5.92 Å². The lowest BCUT2D eigenvalue weighted by molar-refractivity contribution is -0.303. The van der Waals surface area contributed by atoms with E-state index in [1.807, 2.05) is 12.2 Å². The monoisotopic (exact) mass is 858 g/mol. The third kappa shape index (κ3) is 28.5. The van der Waals surface area contributed by atoms with E-state index in [1.54, 1.807) is 0 Å². The SMILES string of the molecule is CCCCCCCCCCCCCCCCCCCCCC[C@@H](O)C(=O)N[C@@H](CO[C@@H]1O[C@H](CO)[C@H](O)[C@H](O)[C@H]1O)[C@H](O)[C@H](O)C/C=C/CCCCCCCCCC(C)C. The van der Waals surface area contributed by atoms with Crippen LogP contribution in [0.5, 0.6) is 0 Å². The van der Waals surface area contributed by atoms with Gasteiger partial charge < -0.3 is 50.5 Å². The van der Waals surface area contributed by atoms with Crippen molar-refractivity contribution in [3.63, 3.8) is 0 Å². The zero-order valence-electron chi connectivity index (χ0n) is 38.6. The lowest BCUT2D eigenvalue weighted by Crippen LogP contribution is -2.60. The van der Waals surface area contributed by atoms with E-state index in [1.165, 1.54) is 141 Å². The molecule has 1 fully saturated rings. The van der Waals surface area contributed by atoms with E-state index in [4.69, 9.17) is 9.47 Å². The Hall–Kier alpha value is -1.15. The van der Waals surface area contributed by atoms with Crippen molar-refractivity contribution in [1.29, 1.82) is 0 Å². The maximum atomic E-state index is 13.1. The fraction of sp³-hybridized carbons (Fsp3) is 0.939. The van der Waals surface area contributed by atoms with E-state index < -0.39 is 74.2 Å². The highest BCUT2D eigenvalue weighted by molar-refractivity contribution is 5.80. The summed E-state index contributed by atoms with van der Waals surface area (Å²) in [6, 6.07) is -1.20. The summed E-state index contributed by atoms with van der Waals surface area (Å²) in [7, 11) is 0. The van der Waals surface area contributed by atoms with Crippen LogP contribution in [-0.2, 0) is 14.3 Å². The van der Waals surface area contributed by atoms with Crippen LogP contribution < -0.4 is 5.32 Å². The largest absolute Gasteiger partial charge is 0.394 e. The number of aliphatic hydroxyl groups is 7. The molecule has 8 N–H and O–H groups in total. The van der Waals surface area contributed by atoms with Gasteiger partial charge in [0.2, 0.25) is 5.91 Å². The summed E-state index contributed by atoms with van der Waals surface area (Å²) in [6.45, 7) is 5.72. The van der Waals surface area contributed by atoms with E-state index >= 15 is 0 Å². The van der Waals surface area contributed by atoms with E-state index in [0.29, 0.717) is 6.42 Å². The second-order valence-electron chi connectivity index (χ2n) is 18.4. The number of ether oxygens (including phenoxy) is 2. The Kier molecular flexibility index (Phi) is 36.3. The molecule has 1 rings (SSSR count). The van der Waals surface area contributed by atoms with Gasteiger partial charge in [0, 0.05) is 0 Å². The van der Waals surface area contributed by atoms with Crippen molar-refractivity contribution in [2.24, 2.45) is 5.92 Å². The van der Waals surface area contributed by atoms with Crippen LogP contribution in [0.25, 0.3) is 0 Å². The Labute approximate surface area is 366 Å². The van der Waals surface area contributed by atoms with E-state index in [0.717, 1.165) is 44.4 Å². The van der Waals surface area contributed by atoms with Crippen molar-refractivity contribution in [2.75, 3.05) is 13.2 Å². The van der Waals surface area contributed by atoms with Crippen molar-refractivity contribution >= 4 is 5.91 Å². The minimum absolute atomic E-state index is 0.130. The Morgan fingerprint density at radius 3 is 1.53 bits per heavy atom. The fourth-order valence-electron chi connectivity index (χ4n) is 8.09. The molecule has 11 nitrogen and oxygen atoms in total. The lowest BCUT2D eigenvalue weighted by atomic mass is 9.99. The van der Waals surface area contributed by atoms with Gasteiger partial charge in [0.1, 0.15) is 36.6 Å². The van der Waals surface area contributed by atoms with Crippen molar-refractivity contribution in [1.82, 2.24) is 5.32 Å². The Morgan fingerprint density at radius 2 is 1.07 bits per heavy atom. The molecule has 1 aliphatic heterocycles. The molecule has 0 unspecified atom stereocenters. The molecule has 9 atom stereocenters. The number of hydrogen-bond donors (Lipinski definition) is 8. The maximum absolute atomic E-state index is 13.1. The van der Waals surface area contributed by atoms with Crippen LogP contribution in [0.1, 0.15) is 220 Å². The number of aliphatic hydroxyl groups excluding tert-OH is 7. The molecule has 0 spiro atoms. The minimum atomic E-state index is -1.67. The van der Waals surface area contributed by atoms with Gasteiger partial charge in [-0.25, -0.2) is 0 Å². The van der Waals surface area contributed by atoms with Crippen LogP contribution in [0.15, 0.2) is 12.2 Å². The zero-order valence-corrected chi connectivity index (χ0v) is 38.6. The topological polar surface area (TPSA) is 189 Å². The predicted octanol–water partition coefficient (Wildman–Crippen LogP) is 8.70. The van der Waals surface area contributed by atoms with E-state index in [-0.39, 0.29) is 12.8 Å². The van der Waals surface area contributed by atoms with Crippen LogP contribution in [0.4, 0.5) is 0 Å². The molecule has 0 aliphatic carbocycles. The molecule has 1 aliphatic rings. The van der Waals surface area contributed by atoms with Gasteiger partial charge in [-0.1, -0.05) is 206 Å². The number of unbranched alkanes of at least 4 members (excludes halogenated alkanes) is 26. The molecule has 60 heavy (non-hydrogen) atoms. The molecule has 0 aromatic rings. The average Bonchev–Trinajstić information content (AvgIpc) is 3.23. The first kappa shape index (κ1) is 56.9. The van der Waals surface area contributed by atoms with Gasteiger partial charge in [-0.05, 0) is 31.6 Å². The quantitative estimate of drug-likeness (QED) is 0.0218. The number of hydrogen-bond acceptors (Lipinski definition) is 10. The predicted molar refractivity (Wildman–Crippen MR) is 242 cm³/mol. The smallest absolute Gasteiger partial charge is 0.249 e. The summed E-state index contributed by atoms with van der Waals surface area (Å²) in [5, 5.41) is 75.6. The summed E-state index contributed by atoms with van der Waals surface area (Å²) in [4.78, 5) is 13.1. The van der Waals surface area contributed by atoms with Gasteiger partial charge in [0.15, 0.2) is 6.29 Å². The fourth-order valence-corrected chi connectivity index (χ4v) is 8.09. The molecule has 0 radical (unpaired) electrons. The molecule has 0 aromatic heterocycles. The minimum Gasteiger partial charge on any atom is -0.394 e. The van der Waals surface area contributed by atoms with Gasteiger partial charge in [-0.2, -0.15) is 0 Å². The van der Waals surface area contributed by atoms with Crippen LogP contribution in [0.3, 0.4) is 0 Å². The Bertz CT molecular complexity index is 999. The molecule has 0 saturated carbocycles. The van der Waals surface area contributed by atoms with Crippen molar-refractivity contribution in [3.8, 4) is 0 Å². The van der Waals surface area contributed by atoms with Gasteiger partial charge in [-0.3, -0.25) is 4.79 Å². The lowest BCUT2D eigenvalue weighted by Gasteiger charge is -2.40. The van der Waals surface area contributed by atoms with Gasteiger partial charge >= 0.3 is 0 Å². The third-order valence-corrected chi connectivity index (χ3v) is 12.3. The number of rotatable bonds is 41. The van der Waals surface area contributed by atoms with Gasteiger partial charge in [-0.15, -0.1) is 0 Å². The summed E-state index contributed by atoms with van der Waals surface area (Å²) in [5.74, 6) is 0.0589. The highest BCUT2D eigenvalue weighted by Gasteiger charge is 2.44. The summed E-state index contributed by atoms with van der Waals surface area (Å²) in [6.07, 6.45) is 28.6. The first-order valence-corrected chi connectivity index (χ1v) is 24.9. The van der Waals surface area contributed by atoms with E-state index in [9.17, 15) is 40.5 Å². The molecular formula is C49H95NO10. The maximum Gasteiger partial charge on any atom is 0.249 e. The molecule has 1 amide bonds. The van der Waals surface area contributed by atoms with Crippen molar-refractivity contribution in [2.45, 2.75) is 275 Å². The standard InChI is InChI=1S/C49H95NO10/c1-4-5-6-7-8-9-10-11-12-13-14-15-16-17-18-19-24-27-30-33-36-42(53)48(58)50-40(38-59-49-47(57)46(56)45(55)43(37-51)60-49)44(54)41(52)35-32-29-26-23-21-20-22-25-28-31-34-39(2)3/h29,32,39-47,49,51-57H,4-28,30-31,33-38H2,1-3H3,(H,50,58)/b32-29+/t40-,41+,42+,43+,44-,45-,46-,47+,49+/m0/s1. The molecule has 11 heteroatoms. The first-order chi connectivity index (χ1) is 29.0. The molecule has 0 aromatic carbocycles. The number of amides is 1. The third-order valence-electron chi connectivity index (χ3n) is 12.3. The molecule has 356 valence electrons. The van der Waals surface area contributed by atoms with E-state index in [2.05, 4.69) is 26.1 Å². The number of allylic oxidation sites excluding steroid dienone is 1. The van der Waals surface area contributed by atoms with Crippen LogP contribution >= 0.6 is 0 Å². The highest BCUT2D eigenvalue weighted by Crippen LogP contribution is 2.23. The zero-order chi connectivity index (χ0) is 44.2. The summed E-state index contributed by atoms with van der Waals surface area (Å²) in [5.41, 5.74) is 0.